The number of nitrogens with one attached hydrogen (secondary N) is 1. The first-order chi connectivity index (χ1) is 14.0. The van der Waals surface area contributed by atoms with E-state index < -0.39 is 11.8 Å². The summed E-state index contributed by atoms with van der Waals surface area (Å²) >= 11 is 0. The second-order valence-electron chi connectivity index (χ2n) is 7.71. The molecule has 1 aromatic rings. The molecule has 29 heavy (non-hydrogen) atoms. The molecule has 3 rings (SSSR count). The first-order valence-corrected chi connectivity index (χ1v) is 10.4. The lowest BCUT2D eigenvalue weighted by Crippen LogP contribution is -2.28. The van der Waals surface area contributed by atoms with Gasteiger partial charge in [0.1, 0.15) is 11.3 Å². The van der Waals surface area contributed by atoms with Crippen molar-refractivity contribution in [2.75, 3.05) is 34.0 Å². The average Bonchev–Trinajstić information content (AvgIpc) is 3.17. The van der Waals surface area contributed by atoms with Gasteiger partial charge in [0.2, 0.25) is 0 Å². The Morgan fingerprint density at radius 3 is 2.55 bits per heavy atom. The third kappa shape index (κ3) is 4.90. The highest BCUT2D eigenvalue weighted by molar-refractivity contribution is 6.03. The van der Waals surface area contributed by atoms with Crippen molar-refractivity contribution in [3.8, 4) is 5.75 Å². The van der Waals surface area contributed by atoms with Gasteiger partial charge in [-0.25, -0.2) is 4.79 Å². The summed E-state index contributed by atoms with van der Waals surface area (Å²) in [7, 11) is 2.83. The van der Waals surface area contributed by atoms with Gasteiger partial charge in [-0.05, 0) is 62.6 Å². The number of ether oxygens (including phenoxy) is 4. The van der Waals surface area contributed by atoms with Crippen LogP contribution in [0, 0.1) is 0 Å². The Bertz CT molecular complexity index is 754. The molecule has 1 saturated heterocycles. The van der Waals surface area contributed by atoms with Crippen molar-refractivity contribution >= 4 is 11.9 Å². The molecule has 0 spiro atoms. The zero-order chi connectivity index (χ0) is 20.9. The molecule has 1 amide bonds. The Balaban J connectivity index is 1.68. The lowest BCUT2D eigenvalue weighted by Gasteiger charge is -2.23. The number of fused-ring (bicyclic) bond motifs is 1. The molecule has 0 aromatic heterocycles. The lowest BCUT2D eigenvalue weighted by atomic mass is 9.85. The van der Waals surface area contributed by atoms with E-state index in [0.717, 1.165) is 56.1 Å². The number of hydrogen-bond acceptors (Lipinski definition) is 6. The molecule has 160 valence electrons. The van der Waals surface area contributed by atoms with Crippen LogP contribution in [0.4, 0.5) is 0 Å². The number of methoxy groups -OCH3 is 2. The van der Waals surface area contributed by atoms with Gasteiger partial charge in [0.15, 0.2) is 5.79 Å². The monoisotopic (exact) mass is 405 g/mol. The zero-order valence-electron chi connectivity index (χ0n) is 17.6. The number of benzene rings is 1. The second-order valence-corrected chi connectivity index (χ2v) is 7.71. The minimum Gasteiger partial charge on any atom is -0.495 e. The van der Waals surface area contributed by atoms with E-state index in [9.17, 15) is 9.59 Å². The molecule has 1 aliphatic carbocycles. The van der Waals surface area contributed by atoms with Crippen molar-refractivity contribution in [2.45, 2.75) is 57.7 Å². The van der Waals surface area contributed by atoms with Gasteiger partial charge in [-0.3, -0.25) is 4.79 Å². The van der Waals surface area contributed by atoms with Crippen LogP contribution in [-0.4, -0.2) is 51.6 Å². The summed E-state index contributed by atoms with van der Waals surface area (Å²) in [5.74, 6) is -0.893. The van der Waals surface area contributed by atoms with E-state index in [1.165, 1.54) is 14.2 Å². The highest BCUT2D eigenvalue weighted by Crippen LogP contribution is 2.35. The van der Waals surface area contributed by atoms with E-state index in [1.807, 2.05) is 13.0 Å². The molecule has 7 heteroatoms. The Kier molecular flexibility index (Phi) is 7.14. The largest absolute Gasteiger partial charge is 0.495 e. The molecular formula is C22H31NO6. The van der Waals surface area contributed by atoms with E-state index in [0.29, 0.717) is 36.6 Å². The minimum absolute atomic E-state index is 0.236. The van der Waals surface area contributed by atoms with E-state index in [-0.39, 0.29) is 5.91 Å². The van der Waals surface area contributed by atoms with Gasteiger partial charge in [-0.15, -0.1) is 0 Å². The van der Waals surface area contributed by atoms with Crippen LogP contribution in [0.1, 0.15) is 70.9 Å². The smallest absolute Gasteiger partial charge is 0.341 e. The van der Waals surface area contributed by atoms with Gasteiger partial charge < -0.3 is 24.3 Å². The molecular weight excluding hydrogens is 374 g/mol. The number of carbonyl (C=O) groups excluding carboxylic acids is 2. The molecule has 7 nitrogen and oxygen atoms in total. The Labute approximate surface area is 172 Å². The summed E-state index contributed by atoms with van der Waals surface area (Å²) in [5.41, 5.74) is 2.76. The lowest BCUT2D eigenvalue weighted by molar-refractivity contribution is -0.147. The number of esters is 1. The molecule has 0 atom stereocenters. The summed E-state index contributed by atoms with van der Waals surface area (Å²) in [6.07, 6.45) is 6.18. The van der Waals surface area contributed by atoms with Crippen molar-refractivity contribution in [3.05, 3.63) is 28.3 Å². The summed E-state index contributed by atoms with van der Waals surface area (Å²) in [6, 6.07) is 1.87. The van der Waals surface area contributed by atoms with Gasteiger partial charge in [0.05, 0.1) is 33.0 Å². The molecule has 1 aromatic carbocycles. The molecule has 2 aliphatic rings. The third-order valence-corrected chi connectivity index (χ3v) is 5.68. The highest BCUT2D eigenvalue weighted by Gasteiger charge is 2.30. The summed E-state index contributed by atoms with van der Waals surface area (Å²) in [5, 5.41) is 2.95. The average molecular weight is 405 g/mol. The predicted molar refractivity (Wildman–Crippen MR) is 107 cm³/mol. The van der Waals surface area contributed by atoms with E-state index in [4.69, 9.17) is 18.9 Å². The number of hydrogen-bond donors (Lipinski definition) is 1. The van der Waals surface area contributed by atoms with Crippen LogP contribution >= 0.6 is 0 Å². The maximum Gasteiger partial charge on any atom is 0.341 e. The van der Waals surface area contributed by atoms with Crippen molar-refractivity contribution in [1.29, 1.82) is 0 Å². The van der Waals surface area contributed by atoms with Crippen molar-refractivity contribution in [2.24, 2.45) is 0 Å². The summed E-state index contributed by atoms with van der Waals surface area (Å²) in [4.78, 5) is 25.3. The van der Waals surface area contributed by atoms with Gasteiger partial charge in [-0.2, -0.15) is 0 Å². The molecule has 1 N–H and O–H groups in total. The van der Waals surface area contributed by atoms with Gasteiger partial charge in [0, 0.05) is 13.0 Å². The van der Waals surface area contributed by atoms with Gasteiger partial charge >= 0.3 is 5.97 Å². The Hall–Kier alpha value is -2.12. The fraction of sp³-hybridized carbons (Fsp3) is 0.636. The number of aryl methyl sites for hydroxylation is 1. The van der Waals surface area contributed by atoms with Crippen molar-refractivity contribution in [1.82, 2.24) is 5.32 Å². The Morgan fingerprint density at radius 2 is 1.86 bits per heavy atom. The number of amides is 1. The normalized spacial score (nSPS) is 17.5. The summed E-state index contributed by atoms with van der Waals surface area (Å²) in [6.45, 7) is 3.75. The van der Waals surface area contributed by atoms with E-state index in [2.05, 4.69) is 5.32 Å². The molecule has 0 radical (unpaired) electrons. The van der Waals surface area contributed by atoms with Crippen LogP contribution in [0.15, 0.2) is 6.07 Å². The number of carbonyl (C=O) groups is 2. The topological polar surface area (TPSA) is 83.1 Å². The fourth-order valence-electron chi connectivity index (χ4n) is 4.15. The maximum atomic E-state index is 12.9. The quantitative estimate of drug-likeness (QED) is 0.529. The molecule has 0 saturated carbocycles. The third-order valence-electron chi connectivity index (χ3n) is 5.68. The van der Waals surface area contributed by atoms with Crippen LogP contribution in [0.25, 0.3) is 0 Å². The fourth-order valence-corrected chi connectivity index (χ4v) is 4.15. The molecule has 1 fully saturated rings. The summed E-state index contributed by atoms with van der Waals surface area (Å²) < 4.78 is 21.7. The molecule has 0 bridgehead atoms. The van der Waals surface area contributed by atoms with Crippen LogP contribution in [0.5, 0.6) is 5.75 Å². The van der Waals surface area contributed by atoms with Gasteiger partial charge in [0.25, 0.3) is 5.91 Å². The van der Waals surface area contributed by atoms with E-state index >= 15 is 0 Å². The molecule has 1 aliphatic heterocycles. The maximum absolute atomic E-state index is 12.9. The van der Waals surface area contributed by atoms with Crippen LogP contribution in [-0.2, 0) is 27.1 Å². The van der Waals surface area contributed by atoms with Crippen LogP contribution in [0.2, 0.25) is 0 Å². The second kappa shape index (κ2) is 9.59. The van der Waals surface area contributed by atoms with Crippen molar-refractivity contribution in [3.63, 3.8) is 0 Å². The van der Waals surface area contributed by atoms with Gasteiger partial charge in [-0.1, -0.05) is 0 Å². The minimum atomic E-state index is -0.499. The van der Waals surface area contributed by atoms with Crippen LogP contribution in [0.3, 0.4) is 0 Å². The highest BCUT2D eigenvalue weighted by atomic mass is 16.7. The first kappa shape index (κ1) is 21.6. The first-order valence-electron chi connectivity index (χ1n) is 10.4. The molecule has 1 heterocycles. The predicted octanol–water partition coefficient (Wildman–Crippen LogP) is 3.02. The number of rotatable bonds is 8. The van der Waals surface area contributed by atoms with Crippen molar-refractivity contribution < 1.29 is 28.5 Å². The van der Waals surface area contributed by atoms with E-state index in [1.54, 1.807) is 0 Å². The standard InChI is InChI=1S/C22H31NO6/c1-22(28-12-13-29-22)10-6-7-11-23-20(24)17-14-15-8-4-5-9-16(15)18(19(17)26-2)21(25)27-3/h14H,4-13H2,1-3H3,(H,23,24). The number of unbranched alkanes of at least 4 members (excludes halogenated alkanes) is 1. The van der Waals surface area contributed by atoms with Crippen LogP contribution < -0.4 is 10.1 Å². The molecule has 0 unspecified atom stereocenters. The Morgan fingerprint density at radius 1 is 1.14 bits per heavy atom. The SMILES string of the molecule is COC(=O)c1c2c(cc(C(=O)NCCCCC3(C)OCCO3)c1OC)CCCC2. The zero-order valence-corrected chi connectivity index (χ0v) is 17.6.